The molecule has 0 aromatic carbocycles. The van der Waals surface area contributed by atoms with Crippen molar-refractivity contribution in [1.82, 2.24) is 9.88 Å². The van der Waals surface area contributed by atoms with Gasteiger partial charge in [-0.05, 0) is 13.8 Å². The van der Waals surface area contributed by atoms with Gasteiger partial charge in [0.2, 0.25) is 0 Å². The molecule has 0 spiro atoms. The first-order chi connectivity index (χ1) is 6.13. The Hall–Kier alpha value is -1.52. The van der Waals surface area contributed by atoms with Crippen LogP contribution in [0.3, 0.4) is 0 Å². The molecule has 1 N–H and O–H groups in total. The lowest BCUT2D eigenvalue weighted by Gasteiger charge is -2.13. The fraction of sp³-hybridized carbons (Fsp3) is 0.500. The number of oxazole rings is 1. The molecule has 0 saturated carbocycles. The van der Waals surface area contributed by atoms with E-state index in [9.17, 15) is 4.79 Å². The highest BCUT2D eigenvalue weighted by Gasteiger charge is 2.09. The summed E-state index contributed by atoms with van der Waals surface area (Å²) in [6.45, 7) is 4.30. The first-order valence-electron chi connectivity index (χ1n) is 4.08. The summed E-state index contributed by atoms with van der Waals surface area (Å²) in [6, 6.07) is 0.0205. The molecule has 5 nitrogen and oxygen atoms in total. The van der Waals surface area contributed by atoms with Crippen molar-refractivity contribution in [3.63, 3.8) is 0 Å². The van der Waals surface area contributed by atoms with Gasteiger partial charge in [-0.1, -0.05) is 0 Å². The lowest BCUT2D eigenvalue weighted by Crippen LogP contribution is -2.31. The van der Waals surface area contributed by atoms with Crippen LogP contribution in [-0.2, 0) is 0 Å². The predicted molar refractivity (Wildman–Crippen MR) is 48.6 cm³/mol. The van der Waals surface area contributed by atoms with Crippen molar-refractivity contribution < 1.29 is 9.21 Å². The zero-order chi connectivity index (χ0) is 9.84. The van der Waals surface area contributed by atoms with Crippen LogP contribution in [0.15, 0.2) is 10.6 Å². The van der Waals surface area contributed by atoms with E-state index in [1.165, 1.54) is 4.90 Å². The second kappa shape index (κ2) is 3.93. The van der Waals surface area contributed by atoms with Crippen molar-refractivity contribution in [2.24, 2.45) is 0 Å². The monoisotopic (exact) mass is 183 g/mol. The number of hydrogen-bond donors (Lipinski definition) is 1. The first-order valence-corrected chi connectivity index (χ1v) is 4.08. The number of aryl methyl sites for hydroxylation is 1. The van der Waals surface area contributed by atoms with Crippen LogP contribution in [-0.4, -0.2) is 29.5 Å². The number of aromatic nitrogens is 1. The molecule has 5 heteroatoms. The molecule has 1 heterocycles. The van der Waals surface area contributed by atoms with E-state index >= 15 is 0 Å². The Labute approximate surface area is 76.7 Å². The van der Waals surface area contributed by atoms with Crippen molar-refractivity contribution in [1.29, 1.82) is 0 Å². The average molecular weight is 183 g/mol. The number of amides is 2. The van der Waals surface area contributed by atoms with E-state index in [2.05, 4.69) is 10.3 Å². The summed E-state index contributed by atoms with van der Waals surface area (Å²) in [5, 5.41) is 2.52. The van der Waals surface area contributed by atoms with Crippen LogP contribution in [0.25, 0.3) is 0 Å². The second-order valence-electron chi connectivity index (χ2n) is 2.72. The minimum absolute atomic E-state index is 0.218. The number of nitrogens with zero attached hydrogens (tertiary/aromatic N) is 2. The topological polar surface area (TPSA) is 58.4 Å². The van der Waals surface area contributed by atoms with E-state index in [1.807, 2.05) is 6.92 Å². The third-order valence-electron chi connectivity index (χ3n) is 1.66. The Morgan fingerprint density at radius 3 is 2.92 bits per heavy atom. The zero-order valence-corrected chi connectivity index (χ0v) is 8.00. The zero-order valence-electron chi connectivity index (χ0n) is 8.00. The van der Waals surface area contributed by atoms with Gasteiger partial charge >= 0.3 is 12.0 Å². The summed E-state index contributed by atoms with van der Waals surface area (Å²) in [6.07, 6.45) is 1.56. The van der Waals surface area contributed by atoms with Crippen LogP contribution >= 0.6 is 0 Å². The van der Waals surface area contributed by atoms with Crippen LogP contribution < -0.4 is 5.32 Å². The van der Waals surface area contributed by atoms with Crippen molar-refractivity contribution in [3.8, 4) is 0 Å². The number of rotatable bonds is 2. The third kappa shape index (κ3) is 2.47. The molecule has 72 valence electrons. The Morgan fingerprint density at radius 2 is 2.46 bits per heavy atom. The second-order valence-corrected chi connectivity index (χ2v) is 2.72. The Kier molecular flexibility index (Phi) is 2.89. The van der Waals surface area contributed by atoms with Gasteiger partial charge in [-0.3, -0.25) is 5.32 Å². The highest BCUT2D eigenvalue weighted by atomic mass is 16.4. The maximum absolute atomic E-state index is 11.3. The van der Waals surface area contributed by atoms with E-state index < -0.39 is 0 Å². The summed E-state index contributed by atoms with van der Waals surface area (Å²) in [4.78, 5) is 16.6. The molecule has 0 fully saturated rings. The first kappa shape index (κ1) is 9.57. The maximum Gasteiger partial charge on any atom is 0.325 e. The van der Waals surface area contributed by atoms with Gasteiger partial charge in [-0.15, -0.1) is 0 Å². The number of urea groups is 1. The van der Waals surface area contributed by atoms with E-state index in [1.54, 1.807) is 20.2 Å². The molecule has 0 bridgehead atoms. The number of hydrogen-bond acceptors (Lipinski definition) is 3. The maximum atomic E-state index is 11.3. The highest BCUT2D eigenvalue weighted by Crippen LogP contribution is 2.07. The summed E-state index contributed by atoms with van der Waals surface area (Å²) >= 11 is 0. The molecule has 0 atom stereocenters. The van der Waals surface area contributed by atoms with E-state index in [4.69, 9.17) is 4.42 Å². The number of carbonyl (C=O) groups excluding carboxylic acids is 1. The Morgan fingerprint density at radius 1 is 1.77 bits per heavy atom. The molecule has 0 aliphatic heterocycles. The third-order valence-corrected chi connectivity index (χ3v) is 1.66. The van der Waals surface area contributed by atoms with Crippen LogP contribution in [0.2, 0.25) is 0 Å². The van der Waals surface area contributed by atoms with Gasteiger partial charge in [0.1, 0.15) is 5.76 Å². The fourth-order valence-electron chi connectivity index (χ4n) is 0.743. The summed E-state index contributed by atoms with van der Waals surface area (Å²) in [5.41, 5.74) is 0. The SMILES string of the molecule is CCN(C)C(=O)Nc1ncc(C)o1. The Balaban J connectivity index is 2.54. The van der Waals surface area contributed by atoms with Crippen LogP contribution in [0.4, 0.5) is 10.8 Å². The van der Waals surface area contributed by atoms with Gasteiger partial charge in [-0.2, -0.15) is 0 Å². The van der Waals surface area contributed by atoms with Gasteiger partial charge in [0.15, 0.2) is 0 Å². The van der Waals surface area contributed by atoms with Gasteiger partial charge in [0.05, 0.1) is 6.20 Å². The normalized spacial score (nSPS) is 9.77. The van der Waals surface area contributed by atoms with Crippen molar-refractivity contribution in [2.45, 2.75) is 13.8 Å². The van der Waals surface area contributed by atoms with E-state index in [-0.39, 0.29) is 12.0 Å². The molecule has 1 rings (SSSR count). The predicted octanol–water partition coefficient (Wildman–Crippen LogP) is 1.47. The van der Waals surface area contributed by atoms with Crippen molar-refractivity contribution in [3.05, 3.63) is 12.0 Å². The average Bonchev–Trinajstić information content (AvgIpc) is 2.49. The largest absolute Gasteiger partial charge is 0.429 e. The van der Waals surface area contributed by atoms with E-state index in [0.29, 0.717) is 12.3 Å². The van der Waals surface area contributed by atoms with Gasteiger partial charge in [-0.25, -0.2) is 9.78 Å². The molecule has 0 aliphatic rings. The lowest BCUT2D eigenvalue weighted by atomic mass is 10.6. The van der Waals surface area contributed by atoms with Crippen molar-refractivity contribution >= 4 is 12.0 Å². The van der Waals surface area contributed by atoms with Gasteiger partial charge in [0, 0.05) is 13.6 Å². The van der Waals surface area contributed by atoms with E-state index in [0.717, 1.165) is 0 Å². The minimum atomic E-state index is -0.218. The highest BCUT2D eigenvalue weighted by molar-refractivity contribution is 5.86. The Bertz CT molecular complexity index is 295. The number of carbonyl (C=O) groups is 1. The van der Waals surface area contributed by atoms with Crippen LogP contribution in [0.5, 0.6) is 0 Å². The molecule has 2 amide bonds. The molecule has 0 saturated heterocycles. The quantitative estimate of drug-likeness (QED) is 0.755. The summed E-state index contributed by atoms with van der Waals surface area (Å²) in [7, 11) is 1.70. The number of nitrogens with one attached hydrogen (secondary N) is 1. The molecule has 13 heavy (non-hydrogen) atoms. The summed E-state index contributed by atoms with van der Waals surface area (Å²) in [5.74, 6) is 0.675. The molecule has 0 radical (unpaired) electrons. The van der Waals surface area contributed by atoms with Crippen LogP contribution in [0, 0.1) is 6.92 Å². The van der Waals surface area contributed by atoms with Gasteiger partial charge < -0.3 is 9.32 Å². The standard InChI is InChI=1S/C8H13N3O2/c1-4-11(3)8(12)10-7-9-5-6(2)13-7/h5H,4H2,1-3H3,(H,9,10,12). The van der Waals surface area contributed by atoms with Crippen molar-refractivity contribution in [2.75, 3.05) is 18.9 Å². The lowest BCUT2D eigenvalue weighted by molar-refractivity contribution is 0.224. The minimum Gasteiger partial charge on any atom is -0.429 e. The molecule has 0 aliphatic carbocycles. The smallest absolute Gasteiger partial charge is 0.325 e. The van der Waals surface area contributed by atoms with Gasteiger partial charge in [0.25, 0.3) is 0 Å². The molecule has 1 aromatic heterocycles. The molecule has 1 aromatic rings. The fourth-order valence-corrected chi connectivity index (χ4v) is 0.743. The molecular weight excluding hydrogens is 170 g/mol. The summed E-state index contributed by atoms with van der Waals surface area (Å²) < 4.78 is 5.08. The molecule has 0 unspecified atom stereocenters. The van der Waals surface area contributed by atoms with Crippen LogP contribution in [0.1, 0.15) is 12.7 Å². The number of anilines is 1. The molecular formula is C8H13N3O2.